The highest BCUT2D eigenvalue weighted by Gasteiger charge is 2.25. The van der Waals surface area contributed by atoms with Gasteiger partial charge in [-0.15, -0.1) is 0 Å². The molecule has 9 nitrogen and oxygen atoms in total. The number of esters is 2. The van der Waals surface area contributed by atoms with Crippen LogP contribution in [-0.4, -0.2) is 49.3 Å². The Kier molecular flexibility index (Phi) is 34.9. The third-order valence-corrected chi connectivity index (χ3v) is 8.26. The zero-order chi connectivity index (χ0) is 37.5. The lowest BCUT2D eigenvalue weighted by Gasteiger charge is -2.19. The van der Waals surface area contributed by atoms with Gasteiger partial charge in [-0.05, 0) is 70.6 Å². The zero-order valence-corrected chi connectivity index (χ0v) is 32.4. The molecule has 0 aliphatic heterocycles. The smallest absolute Gasteiger partial charge is 0.462 e. The summed E-state index contributed by atoms with van der Waals surface area (Å²) in [6.45, 7) is 3.44. The summed E-state index contributed by atoms with van der Waals surface area (Å²) in [4.78, 5) is 34.6. The summed E-state index contributed by atoms with van der Waals surface area (Å²) in [6, 6.07) is 0. The quantitative estimate of drug-likeness (QED) is 0.0287. The number of allylic oxidation sites excluding steroid dienone is 14. The molecule has 0 aromatic rings. The van der Waals surface area contributed by atoms with Gasteiger partial charge in [0.05, 0.1) is 13.2 Å². The molecule has 0 bridgehead atoms. The Morgan fingerprint density at radius 1 is 0.608 bits per heavy atom. The minimum Gasteiger partial charge on any atom is -0.462 e. The van der Waals surface area contributed by atoms with Crippen molar-refractivity contribution in [3.63, 3.8) is 0 Å². The second-order valence-electron chi connectivity index (χ2n) is 12.1. The molecule has 0 saturated heterocycles. The number of nitrogens with two attached hydrogens (primary N) is 1. The van der Waals surface area contributed by atoms with E-state index in [-0.39, 0.29) is 32.6 Å². The number of rotatable bonds is 34. The van der Waals surface area contributed by atoms with Gasteiger partial charge in [0.1, 0.15) is 6.61 Å². The topological polar surface area (TPSA) is 134 Å². The molecule has 0 saturated carbocycles. The van der Waals surface area contributed by atoms with Crippen LogP contribution in [-0.2, 0) is 32.7 Å². The van der Waals surface area contributed by atoms with Gasteiger partial charge in [-0.3, -0.25) is 18.6 Å². The van der Waals surface area contributed by atoms with E-state index in [0.717, 1.165) is 77.0 Å². The third-order valence-electron chi connectivity index (χ3n) is 7.28. The van der Waals surface area contributed by atoms with E-state index in [1.807, 2.05) is 12.2 Å². The van der Waals surface area contributed by atoms with E-state index in [1.54, 1.807) is 0 Å². The molecule has 0 spiro atoms. The van der Waals surface area contributed by atoms with Crippen molar-refractivity contribution in [2.24, 2.45) is 5.73 Å². The summed E-state index contributed by atoms with van der Waals surface area (Å²) in [5.74, 6) is -0.950. The maximum Gasteiger partial charge on any atom is 0.472 e. The predicted molar refractivity (Wildman–Crippen MR) is 210 cm³/mol. The minimum absolute atomic E-state index is 0.0363. The molecule has 0 aliphatic carbocycles. The van der Waals surface area contributed by atoms with Crippen LogP contribution >= 0.6 is 7.82 Å². The highest BCUT2D eigenvalue weighted by atomic mass is 31.2. The molecule has 2 unspecified atom stereocenters. The molecule has 3 N–H and O–H groups in total. The number of hydrogen-bond donors (Lipinski definition) is 2. The molecule has 0 aromatic carbocycles. The van der Waals surface area contributed by atoms with Crippen LogP contribution in [0, 0.1) is 0 Å². The second kappa shape index (κ2) is 37.0. The van der Waals surface area contributed by atoms with Gasteiger partial charge >= 0.3 is 19.8 Å². The molecule has 0 rings (SSSR count). The molecule has 0 heterocycles. The van der Waals surface area contributed by atoms with Crippen LogP contribution in [0.1, 0.15) is 129 Å². The molecule has 51 heavy (non-hydrogen) atoms. The Balaban J connectivity index is 4.39. The summed E-state index contributed by atoms with van der Waals surface area (Å²) in [6.07, 6.45) is 44.9. The summed E-state index contributed by atoms with van der Waals surface area (Å²) in [7, 11) is -4.40. The van der Waals surface area contributed by atoms with Gasteiger partial charge in [-0.1, -0.05) is 131 Å². The summed E-state index contributed by atoms with van der Waals surface area (Å²) in [5.41, 5.74) is 5.32. The highest BCUT2D eigenvalue weighted by molar-refractivity contribution is 7.47. The van der Waals surface area contributed by atoms with E-state index in [9.17, 15) is 19.0 Å². The first-order valence-electron chi connectivity index (χ1n) is 19.1. The van der Waals surface area contributed by atoms with Crippen LogP contribution in [0.15, 0.2) is 85.1 Å². The molecular weight excluding hydrogens is 665 g/mol. The van der Waals surface area contributed by atoms with Crippen LogP contribution < -0.4 is 5.73 Å². The number of ether oxygens (including phenoxy) is 2. The first-order chi connectivity index (χ1) is 24.8. The molecule has 2 atom stereocenters. The molecule has 0 radical (unpaired) electrons. The summed E-state index contributed by atoms with van der Waals surface area (Å²) >= 11 is 0. The van der Waals surface area contributed by atoms with E-state index in [2.05, 4.69) is 86.8 Å². The van der Waals surface area contributed by atoms with Gasteiger partial charge in [0, 0.05) is 19.4 Å². The fraction of sp³-hybridized carbons (Fsp3) is 0.610. The van der Waals surface area contributed by atoms with Crippen molar-refractivity contribution in [1.82, 2.24) is 0 Å². The van der Waals surface area contributed by atoms with Crippen LogP contribution in [0.4, 0.5) is 0 Å². The van der Waals surface area contributed by atoms with Crippen molar-refractivity contribution in [2.45, 2.75) is 136 Å². The molecular formula is C41H68NO8P. The monoisotopic (exact) mass is 733 g/mol. The van der Waals surface area contributed by atoms with Crippen molar-refractivity contribution in [3.05, 3.63) is 85.1 Å². The first-order valence-corrected chi connectivity index (χ1v) is 20.6. The van der Waals surface area contributed by atoms with Crippen molar-refractivity contribution in [3.8, 4) is 0 Å². The average molecular weight is 734 g/mol. The van der Waals surface area contributed by atoms with Gasteiger partial charge in [-0.25, -0.2) is 4.57 Å². The second-order valence-corrected chi connectivity index (χ2v) is 13.5. The van der Waals surface area contributed by atoms with Gasteiger partial charge in [-0.2, -0.15) is 0 Å². The first kappa shape index (κ1) is 48.2. The van der Waals surface area contributed by atoms with Gasteiger partial charge in [0.25, 0.3) is 0 Å². The molecule has 0 fully saturated rings. The van der Waals surface area contributed by atoms with Crippen LogP contribution in [0.3, 0.4) is 0 Å². The average Bonchev–Trinajstić information content (AvgIpc) is 3.11. The fourth-order valence-corrected chi connectivity index (χ4v) is 5.23. The van der Waals surface area contributed by atoms with Crippen LogP contribution in [0.5, 0.6) is 0 Å². The Bertz CT molecular complexity index is 1110. The van der Waals surface area contributed by atoms with E-state index in [0.29, 0.717) is 12.8 Å². The maximum absolute atomic E-state index is 12.5. The van der Waals surface area contributed by atoms with Gasteiger partial charge < -0.3 is 20.1 Å². The number of carbonyl (C=O) groups excluding carboxylic acids is 2. The fourth-order valence-electron chi connectivity index (χ4n) is 4.46. The van der Waals surface area contributed by atoms with E-state index in [4.69, 9.17) is 24.3 Å². The van der Waals surface area contributed by atoms with E-state index >= 15 is 0 Å². The van der Waals surface area contributed by atoms with Crippen molar-refractivity contribution < 1.29 is 37.6 Å². The Hall–Kier alpha value is -2.81. The van der Waals surface area contributed by atoms with Crippen molar-refractivity contribution in [2.75, 3.05) is 26.4 Å². The number of hydrogen-bond acceptors (Lipinski definition) is 8. The SMILES string of the molecule is CC/C=C\C/C=C\C/C=C\C/C=C\C/C=C\C/C=C\CCC(=O)OC(COC(=O)CCCCCCC/C=C\CCCC)COP(=O)(O)OCCN. The van der Waals surface area contributed by atoms with Gasteiger partial charge in [0.2, 0.25) is 0 Å². The normalized spacial score (nSPS) is 14.4. The Labute approximate surface area is 309 Å². The minimum atomic E-state index is -4.40. The standard InChI is InChI=1S/C41H68NO8P/c1-3-5-7-9-11-13-15-16-17-18-19-20-21-22-24-26-28-30-32-34-41(44)50-39(38-49-51(45,46)48-36-35-42)37-47-40(43)33-31-29-27-25-23-14-12-10-8-6-4-2/h5,7,10-13,16-17,19-20,22,24,28,30,39H,3-4,6,8-9,14-15,18,21,23,25-27,29,31-38,42H2,1-2H3,(H,45,46)/b7-5-,12-10-,13-11-,17-16-,20-19-,24-22-,30-28-. The molecule has 10 heteroatoms. The predicted octanol–water partition coefficient (Wildman–Crippen LogP) is 10.5. The van der Waals surface area contributed by atoms with Crippen LogP contribution in [0.2, 0.25) is 0 Å². The van der Waals surface area contributed by atoms with Crippen molar-refractivity contribution in [1.29, 1.82) is 0 Å². The molecule has 290 valence electrons. The number of unbranched alkanes of at least 4 members (excludes halogenated alkanes) is 7. The lowest BCUT2D eigenvalue weighted by molar-refractivity contribution is -0.161. The Morgan fingerprint density at radius 2 is 1.12 bits per heavy atom. The van der Waals surface area contributed by atoms with Crippen molar-refractivity contribution >= 4 is 19.8 Å². The molecule has 0 aromatic heterocycles. The van der Waals surface area contributed by atoms with Crippen LogP contribution in [0.25, 0.3) is 0 Å². The lowest BCUT2D eigenvalue weighted by atomic mass is 10.1. The maximum atomic E-state index is 12.5. The lowest BCUT2D eigenvalue weighted by Crippen LogP contribution is -2.29. The van der Waals surface area contributed by atoms with E-state index < -0.39 is 32.5 Å². The molecule has 0 aliphatic rings. The van der Waals surface area contributed by atoms with E-state index in [1.165, 1.54) is 12.8 Å². The number of carbonyl (C=O) groups is 2. The Morgan fingerprint density at radius 3 is 1.69 bits per heavy atom. The number of phosphoric ester groups is 1. The molecule has 0 amide bonds. The highest BCUT2D eigenvalue weighted by Crippen LogP contribution is 2.43. The summed E-state index contributed by atoms with van der Waals surface area (Å²) < 4.78 is 32.5. The number of phosphoric acid groups is 1. The third kappa shape index (κ3) is 36.8. The zero-order valence-electron chi connectivity index (χ0n) is 31.5. The van der Waals surface area contributed by atoms with Gasteiger partial charge in [0.15, 0.2) is 6.10 Å². The largest absolute Gasteiger partial charge is 0.472 e. The summed E-state index contributed by atoms with van der Waals surface area (Å²) in [5, 5.41) is 0.